The molecule has 0 radical (unpaired) electrons. The van der Waals surface area contributed by atoms with Gasteiger partial charge >= 0.3 is 6.18 Å². The Hall–Kier alpha value is -1.27. The van der Waals surface area contributed by atoms with Gasteiger partial charge in [0.2, 0.25) is 0 Å². The van der Waals surface area contributed by atoms with Gasteiger partial charge in [0.15, 0.2) is 6.61 Å². The Labute approximate surface area is 103 Å². The monoisotopic (exact) mass is 261 g/mol. The fourth-order valence-electron chi connectivity index (χ4n) is 1.79. The Kier molecular flexibility index (Phi) is 3.77. The number of hydroxylamine groups is 1. The van der Waals surface area contributed by atoms with Crippen LogP contribution in [0.3, 0.4) is 0 Å². The van der Waals surface area contributed by atoms with Gasteiger partial charge in [0.1, 0.15) is 5.75 Å². The van der Waals surface area contributed by atoms with Crippen molar-refractivity contribution < 1.29 is 22.7 Å². The van der Waals surface area contributed by atoms with Crippen molar-refractivity contribution in [3.8, 4) is 5.75 Å². The lowest BCUT2D eigenvalue weighted by atomic mass is 10.0. The lowest BCUT2D eigenvalue weighted by Crippen LogP contribution is -2.26. The van der Waals surface area contributed by atoms with Gasteiger partial charge in [-0.05, 0) is 24.1 Å². The van der Waals surface area contributed by atoms with Crippen LogP contribution in [0.5, 0.6) is 5.75 Å². The van der Waals surface area contributed by atoms with E-state index in [1.54, 1.807) is 6.92 Å². The minimum atomic E-state index is -4.32. The molecule has 0 bridgehead atoms. The molecule has 3 nitrogen and oxygen atoms in total. The zero-order chi connectivity index (χ0) is 13.2. The minimum Gasteiger partial charge on any atom is -0.493 e. The van der Waals surface area contributed by atoms with Crippen molar-refractivity contribution in [3.63, 3.8) is 0 Å². The standard InChI is InChI=1S/C12H14F3NO2/c1-8(16-18-7-12(13,14)15)9-2-3-11-10(6-9)4-5-17-11/h2-3,6,8,16H,4-5,7H2,1H3. The van der Waals surface area contributed by atoms with Crippen LogP contribution in [0.15, 0.2) is 18.2 Å². The normalized spacial score (nSPS) is 16.2. The van der Waals surface area contributed by atoms with E-state index in [1.807, 2.05) is 18.2 Å². The van der Waals surface area contributed by atoms with E-state index in [-0.39, 0.29) is 6.04 Å². The number of fused-ring (bicyclic) bond motifs is 1. The predicted octanol–water partition coefficient (Wildman–Crippen LogP) is 2.77. The second kappa shape index (κ2) is 5.16. The van der Waals surface area contributed by atoms with Crippen LogP contribution in [0.1, 0.15) is 24.1 Å². The van der Waals surface area contributed by atoms with Gasteiger partial charge in [-0.1, -0.05) is 12.1 Å². The highest BCUT2D eigenvalue weighted by atomic mass is 19.4. The van der Waals surface area contributed by atoms with Crippen LogP contribution < -0.4 is 10.2 Å². The zero-order valence-electron chi connectivity index (χ0n) is 9.88. The number of hydrogen-bond donors (Lipinski definition) is 1. The van der Waals surface area contributed by atoms with Gasteiger partial charge in [-0.15, -0.1) is 0 Å². The summed E-state index contributed by atoms with van der Waals surface area (Å²) < 4.78 is 41.1. The number of rotatable bonds is 4. The number of hydrogen-bond acceptors (Lipinski definition) is 3. The molecule has 0 saturated carbocycles. The number of nitrogens with one attached hydrogen (secondary N) is 1. The van der Waals surface area contributed by atoms with Crippen LogP contribution in [0, 0.1) is 0 Å². The van der Waals surface area contributed by atoms with Crippen molar-refractivity contribution in [1.29, 1.82) is 0 Å². The summed E-state index contributed by atoms with van der Waals surface area (Å²) in [5.41, 5.74) is 4.34. The third-order valence-electron chi connectivity index (χ3n) is 2.71. The Bertz CT molecular complexity index is 420. The Morgan fingerprint density at radius 1 is 1.44 bits per heavy atom. The van der Waals surface area contributed by atoms with E-state index in [9.17, 15) is 13.2 Å². The maximum atomic E-state index is 11.9. The van der Waals surface area contributed by atoms with E-state index in [2.05, 4.69) is 10.3 Å². The smallest absolute Gasteiger partial charge is 0.413 e. The van der Waals surface area contributed by atoms with Crippen LogP contribution in [-0.2, 0) is 11.3 Å². The average molecular weight is 261 g/mol. The van der Waals surface area contributed by atoms with Crippen LogP contribution in [-0.4, -0.2) is 19.4 Å². The summed E-state index contributed by atoms with van der Waals surface area (Å²) in [6.07, 6.45) is -3.49. The van der Waals surface area contributed by atoms with E-state index < -0.39 is 12.8 Å². The first-order chi connectivity index (χ1) is 8.46. The van der Waals surface area contributed by atoms with Crippen molar-refractivity contribution in [1.82, 2.24) is 5.48 Å². The van der Waals surface area contributed by atoms with Gasteiger partial charge in [0.05, 0.1) is 12.6 Å². The first kappa shape index (κ1) is 13.2. The average Bonchev–Trinajstić information content (AvgIpc) is 2.73. The molecule has 0 fully saturated rings. The van der Waals surface area contributed by atoms with Crippen molar-refractivity contribution in [2.45, 2.75) is 25.6 Å². The fourth-order valence-corrected chi connectivity index (χ4v) is 1.79. The van der Waals surface area contributed by atoms with E-state index in [0.29, 0.717) is 6.61 Å². The molecule has 1 aromatic carbocycles. The van der Waals surface area contributed by atoms with Gasteiger partial charge in [-0.25, -0.2) is 0 Å². The number of benzene rings is 1. The number of ether oxygens (including phenoxy) is 1. The van der Waals surface area contributed by atoms with Crippen LogP contribution in [0.2, 0.25) is 0 Å². The van der Waals surface area contributed by atoms with Gasteiger partial charge in [-0.3, -0.25) is 4.84 Å². The van der Waals surface area contributed by atoms with Crippen molar-refractivity contribution >= 4 is 0 Å². The number of alkyl halides is 3. The summed E-state index contributed by atoms with van der Waals surface area (Å²) in [5.74, 6) is 0.849. The Morgan fingerprint density at radius 3 is 2.94 bits per heavy atom. The quantitative estimate of drug-likeness (QED) is 0.845. The largest absolute Gasteiger partial charge is 0.493 e. The third-order valence-corrected chi connectivity index (χ3v) is 2.71. The molecule has 100 valence electrons. The molecule has 0 saturated heterocycles. The summed E-state index contributed by atoms with van der Waals surface area (Å²) in [7, 11) is 0. The lowest BCUT2D eigenvalue weighted by Gasteiger charge is -2.15. The molecule has 0 aliphatic carbocycles. The van der Waals surface area contributed by atoms with E-state index >= 15 is 0 Å². The Balaban J connectivity index is 1.91. The number of halogens is 3. The van der Waals surface area contributed by atoms with Crippen LogP contribution in [0.25, 0.3) is 0 Å². The van der Waals surface area contributed by atoms with Crippen LogP contribution in [0.4, 0.5) is 13.2 Å². The molecule has 1 atom stereocenters. The second-order valence-electron chi connectivity index (χ2n) is 4.21. The molecule has 1 aliphatic rings. The zero-order valence-corrected chi connectivity index (χ0v) is 9.88. The third kappa shape index (κ3) is 3.36. The first-order valence-electron chi connectivity index (χ1n) is 5.65. The molecular formula is C12H14F3NO2. The predicted molar refractivity (Wildman–Crippen MR) is 59.2 cm³/mol. The molecule has 1 N–H and O–H groups in total. The van der Waals surface area contributed by atoms with Gasteiger partial charge < -0.3 is 4.74 Å². The maximum Gasteiger partial charge on any atom is 0.413 e. The minimum absolute atomic E-state index is 0.307. The van der Waals surface area contributed by atoms with Crippen LogP contribution >= 0.6 is 0 Å². The molecular weight excluding hydrogens is 247 g/mol. The molecule has 1 heterocycles. The molecule has 2 rings (SSSR count). The summed E-state index contributed by atoms with van der Waals surface area (Å²) in [6, 6.07) is 5.27. The highest BCUT2D eigenvalue weighted by Gasteiger charge is 2.28. The van der Waals surface area contributed by atoms with Crippen molar-refractivity contribution in [3.05, 3.63) is 29.3 Å². The van der Waals surface area contributed by atoms with E-state index in [4.69, 9.17) is 4.74 Å². The van der Waals surface area contributed by atoms with Gasteiger partial charge in [0.25, 0.3) is 0 Å². The summed E-state index contributed by atoms with van der Waals surface area (Å²) in [6.45, 7) is 1.10. The molecule has 6 heteroatoms. The highest BCUT2D eigenvalue weighted by Crippen LogP contribution is 2.28. The SMILES string of the molecule is CC(NOCC(F)(F)F)c1ccc2c(c1)CCO2. The lowest BCUT2D eigenvalue weighted by molar-refractivity contribution is -0.192. The molecule has 1 aromatic rings. The van der Waals surface area contributed by atoms with E-state index in [0.717, 1.165) is 23.3 Å². The highest BCUT2D eigenvalue weighted by molar-refractivity contribution is 5.40. The molecule has 0 aromatic heterocycles. The molecule has 0 amide bonds. The summed E-state index contributed by atoms with van der Waals surface area (Å²) in [4.78, 5) is 4.43. The molecule has 1 aliphatic heterocycles. The van der Waals surface area contributed by atoms with Crippen molar-refractivity contribution in [2.75, 3.05) is 13.2 Å². The van der Waals surface area contributed by atoms with Gasteiger partial charge in [0, 0.05) is 6.42 Å². The Morgan fingerprint density at radius 2 is 2.22 bits per heavy atom. The van der Waals surface area contributed by atoms with Gasteiger partial charge in [-0.2, -0.15) is 18.7 Å². The first-order valence-corrected chi connectivity index (χ1v) is 5.65. The second-order valence-corrected chi connectivity index (χ2v) is 4.21. The fraction of sp³-hybridized carbons (Fsp3) is 0.500. The summed E-state index contributed by atoms with van der Waals surface area (Å²) >= 11 is 0. The molecule has 1 unspecified atom stereocenters. The summed E-state index contributed by atoms with van der Waals surface area (Å²) in [5, 5.41) is 0. The van der Waals surface area contributed by atoms with E-state index in [1.165, 1.54) is 0 Å². The maximum absolute atomic E-state index is 11.9. The van der Waals surface area contributed by atoms with Crippen molar-refractivity contribution in [2.24, 2.45) is 0 Å². The topological polar surface area (TPSA) is 30.5 Å². The molecule has 18 heavy (non-hydrogen) atoms. The molecule has 0 spiro atoms.